The predicted octanol–water partition coefficient (Wildman–Crippen LogP) is -1.00. The Hall–Kier alpha value is -0.367. The Morgan fingerprint density at radius 1 is 1.29 bits per heavy atom. The van der Waals surface area contributed by atoms with Crippen molar-refractivity contribution in [3.05, 3.63) is 12.2 Å². The zero-order valence-electron chi connectivity index (χ0n) is 8.35. The van der Waals surface area contributed by atoms with Crippen molar-refractivity contribution in [2.24, 2.45) is 0 Å². The summed E-state index contributed by atoms with van der Waals surface area (Å²) in [7, 11) is 0. The van der Waals surface area contributed by atoms with Gasteiger partial charge >= 0.3 is 75.8 Å². The molecule has 0 aromatic carbocycles. The SMILES string of the molecule is C=C(C)C(=O)OCCC[CH2][Ge].O.O.O. The Balaban J connectivity index is -0.000000167. The molecule has 0 heterocycles. The largest absolute Gasteiger partial charge is 0.412 e. The van der Waals surface area contributed by atoms with Crippen molar-refractivity contribution < 1.29 is 26.0 Å². The molecule has 0 bridgehead atoms. The van der Waals surface area contributed by atoms with Crippen LogP contribution in [0.5, 0.6) is 0 Å². The van der Waals surface area contributed by atoms with E-state index in [0.29, 0.717) is 12.2 Å². The van der Waals surface area contributed by atoms with Gasteiger partial charge in [0.2, 0.25) is 0 Å². The maximum absolute atomic E-state index is 10.8. The number of hydrogen-bond donors (Lipinski definition) is 0. The van der Waals surface area contributed by atoms with Crippen LogP contribution in [0, 0.1) is 0 Å². The Morgan fingerprint density at radius 3 is 2.14 bits per heavy atom. The molecule has 0 saturated carbocycles. The Morgan fingerprint density at radius 2 is 1.79 bits per heavy atom. The van der Waals surface area contributed by atoms with E-state index < -0.39 is 0 Å². The Labute approximate surface area is 92.7 Å². The molecule has 0 aliphatic carbocycles. The summed E-state index contributed by atoms with van der Waals surface area (Å²) >= 11 is 2.11. The molecule has 85 valence electrons. The van der Waals surface area contributed by atoms with Gasteiger partial charge in [-0.1, -0.05) is 0 Å². The second kappa shape index (κ2) is 15.1. The molecular formula is C8H19GeO5. The molecule has 0 fully saturated rings. The minimum absolute atomic E-state index is 0. The van der Waals surface area contributed by atoms with Crippen LogP contribution in [0.2, 0.25) is 5.25 Å². The number of carbonyl (C=O) groups excluding carboxylic acids is 1. The number of unbranched alkanes of at least 4 members (excludes halogenated alkanes) is 1. The van der Waals surface area contributed by atoms with Crippen molar-refractivity contribution in [2.75, 3.05) is 6.61 Å². The maximum atomic E-state index is 10.8. The fraction of sp³-hybridized carbons (Fsp3) is 0.625. The van der Waals surface area contributed by atoms with Crippen molar-refractivity contribution in [1.29, 1.82) is 0 Å². The molecular weight excluding hydrogens is 249 g/mol. The van der Waals surface area contributed by atoms with E-state index in [0.717, 1.165) is 18.1 Å². The van der Waals surface area contributed by atoms with Gasteiger partial charge in [-0.25, -0.2) is 0 Å². The summed E-state index contributed by atoms with van der Waals surface area (Å²) in [5.74, 6) is -0.277. The smallest absolute Gasteiger partial charge is 0.412 e. The average molecular weight is 268 g/mol. The Kier molecular flexibility index (Phi) is 25.3. The summed E-state index contributed by atoms with van der Waals surface area (Å²) in [6, 6.07) is 0. The molecule has 14 heavy (non-hydrogen) atoms. The molecule has 5 nitrogen and oxygen atoms in total. The fourth-order valence-corrected chi connectivity index (χ4v) is 1.04. The zero-order valence-corrected chi connectivity index (χ0v) is 10.5. The van der Waals surface area contributed by atoms with Gasteiger partial charge in [-0.2, -0.15) is 0 Å². The second-order valence-electron chi connectivity index (χ2n) is 2.37. The van der Waals surface area contributed by atoms with Crippen molar-refractivity contribution in [3.8, 4) is 0 Å². The molecule has 3 radical (unpaired) electrons. The van der Waals surface area contributed by atoms with Crippen molar-refractivity contribution in [2.45, 2.75) is 25.0 Å². The van der Waals surface area contributed by atoms with E-state index in [2.05, 4.69) is 23.1 Å². The average Bonchev–Trinajstić information content (AvgIpc) is 1.97. The van der Waals surface area contributed by atoms with Crippen LogP contribution in [0.25, 0.3) is 0 Å². The topological polar surface area (TPSA) is 121 Å². The molecule has 0 unspecified atom stereocenters. The third-order valence-electron chi connectivity index (χ3n) is 1.15. The quantitative estimate of drug-likeness (QED) is 0.275. The first-order valence-electron chi connectivity index (χ1n) is 3.65. The first kappa shape index (κ1) is 23.4. The van der Waals surface area contributed by atoms with Crippen LogP contribution >= 0.6 is 0 Å². The van der Waals surface area contributed by atoms with Crippen molar-refractivity contribution in [3.63, 3.8) is 0 Å². The van der Waals surface area contributed by atoms with Crippen LogP contribution < -0.4 is 0 Å². The zero-order chi connectivity index (χ0) is 8.69. The first-order chi connectivity index (χ1) is 5.18. The number of rotatable bonds is 5. The van der Waals surface area contributed by atoms with E-state index in [-0.39, 0.29) is 22.4 Å². The van der Waals surface area contributed by atoms with Gasteiger partial charge in [0, 0.05) is 0 Å². The first-order valence-corrected chi connectivity index (χ1v) is 5.14. The number of carbonyl (C=O) groups is 1. The molecule has 0 aliphatic rings. The monoisotopic (exact) mass is 269 g/mol. The van der Waals surface area contributed by atoms with E-state index in [1.54, 1.807) is 6.92 Å². The van der Waals surface area contributed by atoms with Crippen molar-refractivity contribution in [1.82, 2.24) is 0 Å². The third kappa shape index (κ3) is 14.2. The molecule has 0 amide bonds. The normalized spacial score (nSPS) is 7.29. The predicted molar refractivity (Wildman–Crippen MR) is 56.4 cm³/mol. The standard InChI is InChI=1S/C8H13GeO2.3H2O/c1-7(2)8(10)11-6-4-3-5-9;;;/h1,3-6H2,2H3;3*1H2. The van der Waals surface area contributed by atoms with Gasteiger partial charge in [-0.3, -0.25) is 0 Å². The molecule has 0 aliphatic heterocycles. The molecule has 0 rings (SSSR count). The van der Waals surface area contributed by atoms with E-state index >= 15 is 0 Å². The minimum Gasteiger partial charge on any atom is -0.412 e. The van der Waals surface area contributed by atoms with Gasteiger partial charge < -0.3 is 16.4 Å². The van der Waals surface area contributed by atoms with Crippen LogP contribution in [-0.2, 0) is 9.53 Å². The minimum atomic E-state index is -0.277. The summed E-state index contributed by atoms with van der Waals surface area (Å²) < 4.78 is 4.87. The number of ether oxygens (including phenoxy) is 1. The van der Waals surface area contributed by atoms with Crippen LogP contribution in [0.15, 0.2) is 12.2 Å². The van der Waals surface area contributed by atoms with E-state index in [9.17, 15) is 4.79 Å². The van der Waals surface area contributed by atoms with Gasteiger partial charge in [0.05, 0.1) is 0 Å². The van der Waals surface area contributed by atoms with Gasteiger partial charge in [-0.15, -0.1) is 0 Å². The molecule has 0 aromatic rings. The molecule has 6 N–H and O–H groups in total. The summed E-state index contributed by atoms with van der Waals surface area (Å²) in [5.41, 5.74) is 0.474. The third-order valence-corrected chi connectivity index (χ3v) is 1.89. The number of hydrogen-bond acceptors (Lipinski definition) is 2. The van der Waals surface area contributed by atoms with Gasteiger partial charge in [0.15, 0.2) is 0 Å². The van der Waals surface area contributed by atoms with Gasteiger partial charge in [-0.05, 0) is 0 Å². The summed E-state index contributed by atoms with van der Waals surface area (Å²) in [4.78, 5) is 10.8. The van der Waals surface area contributed by atoms with Crippen LogP contribution in [0.1, 0.15) is 19.8 Å². The fourth-order valence-electron chi connectivity index (χ4n) is 0.515. The molecule has 6 heteroatoms. The summed E-state index contributed by atoms with van der Waals surface area (Å²) in [5, 5.41) is 1.14. The van der Waals surface area contributed by atoms with Crippen LogP contribution in [-0.4, -0.2) is 45.5 Å². The summed E-state index contributed by atoms with van der Waals surface area (Å²) in [6.45, 7) is 5.66. The van der Waals surface area contributed by atoms with Crippen LogP contribution in [0.4, 0.5) is 0 Å². The maximum Gasteiger partial charge on any atom is -0.412 e. The van der Waals surface area contributed by atoms with E-state index in [4.69, 9.17) is 4.74 Å². The Bertz CT molecular complexity index is 149. The van der Waals surface area contributed by atoms with Crippen LogP contribution in [0.3, 0.4) is 0 Å². The van der Waals surface area contributed by atoms with Crippen molar-refractivity contribution >= 4 is 22.5 Å². The van der Waals surface area contributed by atoms with Gasteiger partial charge in [0.25, 0.3) is 0 Å². The molecule has 0 saturated heterocycles. The number of esters is 1. The molecule has 0 aromatic heterocycles. The molecule has 0 spiro atoms. The van der Waals surface area contributed by atoms with E-state index in [1.165, 1.54) is 0 Å². The second-order valence-corrected chi connectivity index (χ2v) is 3.42. The molecule has 0 atom stereocenters. The summed E-state index contributed by atoms with van der Waals surface area (Å²) in [6.07, 6.45) is 2.07. The van der Waals surface area contributed by atoms with Gasteiger partial charge in [0.1, 0.15) is 0 Å². The van der Waals surface area contributed by atoms with E-state index in [1.807, 2.05) is 0 Å².